The Bertz CT molecular complexity index is 404. The van der Waals surface area contributed by atoms with Gasteiger partial charge in [-0.05, 0) is 19.1 Å². The monoisotopic (exact) mass is 245 g/mol. The van der Waals surface area contributed by atoms with Crippen LogP contribution in [0.4, 0.5) is 0 Å². The minimum absolute atomic E-state index is 0.0164. The van der Waals surface area contributed by atoms with Crippen LogP contribution in [0.1, 0.15) is 6.92 Å². The molecule has 1 aromatic rings. The van der Waals surface area contributed by atoms with Gasteiger partial charge in [0.1, 0.15) is 0 Å². The average molecular weight is 245 g/mol. The highest BCUT2D eigenvalue weighted by Crippen LogP contribution is 2.08. The van der Waals surface area contributed by atoms with Gasteiger partial charge in [-0.25, -0.2) is 13.4 Å². The lowest BCUT2D eigenvalue weighted by atomic mass is 10.4. The largest absolute Gasteiger partial charge is 0.390 e. The minimum atomic E-state index is -3.53. The second-order valence-electron chi connectivity index (χ2n) is 3.26. The second-order valence-corrected chi connectivity index (χ2v) is 5.24. The van der Waals surface area contributed by atoms with Crippen LogP contribution in [0.2, 0.25) is 0 Å². The minimum Gasteiger partial charge on any atom is -0.390 e. The molecule has 1 N–H and O–H groups in total. The quantitative estimate of drug-likeness (QED) is 0.777. The standard InChI is InChI=1S/C10H15NO4S/c1-2-15-7-9(12)8-16(13,14)10-5-3-4-6-11-10/h3-6,9,12H,2,7-8H2,1H3/t9-/m0/s1. The highest BCUT2D eigenvalue weighted by molar-refractivity contribution is 7.91. The highest BCUT2D eigenvalue weighted by atomic mass is 32.2. The molecule has 0 amide bonds. The Morgan fingerprint density at radius 2 is 2.25 bits per heavy atom. The molecular formula is C10H15NO4S. The van der Waals surface area contributed by atoms with Crippen molar-refractivity contribution in [3.63, 3.8) is 0 Å². The van der Waals surface area contributed by atoms with Crippen LogP contribution in [0.15, 0.2) is 29.4 Å². The normalized spacial score (nSPS) is 13.6. The second kappa shape index (κ2) is 5.93. The molecule has 16 heavy (non-hydrogen) atoms. The third-order valence-corrected chi connectivity index (χ3v) is 3.58. The zero-order valence-electron chi connectivity index (χ0n) is 9.04. The predicted molar refractivity (Wildman–Crippen MR) is 58.8 cm³/mol. The smallest absolute Gasteiger partial charge is 0.198 e. The summed E-state index contributed by atoms with van der Waals surface area (Å²) in [5.74, 6) is -0.371. The van der Waals surface area contributed by atoms with Gasteiger partial charge in [0.05, 0.1) is 18.5 Å². The first-order valence-corrected chi connectivity index (χ1v) is 6.61. The molecule has 0 spiro atoms. The molecule has 0 bridgehead atoms. The van der Waals surface area contributed by atoms with Gasteiger partial charge in [-0.2, -0.15) is 0 Å². The lowest BCUT2D eigenvalue weighted by Crippen LogP contribution is -2.26. The Hall–Kier alpha value is -0.980. The van der Waals surface area contributed by atoms with E-state index in [-0.39, 0.29) is 17.4 Å². The topological polar surface area (TPSA) is 76.5 Å². The van der Waals surface area contributed by atoms with Crippen molar-refractivity contribution in [2.45, 2.75) is 18.1 Å². The molecule has 1 atom stereocenters. The molecule has 0 radical (unpaired) electrons. The summed E-state index contributed by atoms with van der Waals surface area (Å²) < 4.78 is 28.4. The first kappa shape index (κ1) is 13.1. The third-order valence-electron chi connectivity index (χ3n) is 1.88. The summed E-state index contributed by atoms with van der Waals surface area (Å²) in [6.45, 7) is 2.24. The number of ether oxygens (including phenoxy) is 1. The Labute approximate surface area is 95.0 Å². The van der Waals surface area contributed by atoms with Crippen LogP contribution in [0, 0.1) is 0 Å². The van der Waals surface area contributed by atoms with Crippen molar-refractivity contribution in [2.24, 2.45) is 0 Å². The number of aliphatic hydroxyl groups excluding tert-OH is 1. The summed E-state index contributed by atoms with van der Waals surface area (Å²) in [5, 5.41) is 9.42. The van der Waals surface area contributed by atoms with Gasteiger partial charge in [0.25, 0.3) is 0 Å². The lowest BCUT2D eigenvalue weighted by molar-refractivity contribution is 0.0542. The maximum Gasteiger partial charge on any atom is 0.198 e. The van der Waals surface area contributed by atoms with E-state index in [9.17, 15) is 13.5 Å². The molecule has 6 heteroatoms. The first-order valence-electron chi connectivity index (χ1n) is 4.96. The Balaban J connectivity index is 2.66. The molecule has 0 aliphatic heterocycles. The molecule has 0 aliphatic rings. The molecule has 0 saturated heterocycles. The molecule has 5 nitrogen and oxygen atoms in total. The fraction of sp³-hybridized carbons (Fsp3) is 0.500. The van der Waals surface area contributed by atoms with E-state index >= 15 is 0 Å². The van der Waals surface area contributed by atoms with Gasteiger partial charge in [0, 0.05) is 12.8 Å². The Kier molecular flexibility index (Phi) is 4.85. The number of pyridine rings is 1. The SMILES string of the molecule is CCOC[C@H](O)CS(=O)(=O)c1ccccn1. The number of rotatable bonds is 6. The zero-order valence-corrected chi connectivity index (χ0v) is 9.85. The third kappa shape index (κ3) is 3.88. The van der Waals surface area contributed by atoms with E-state index in [0.717, 1.165) is 0 Å². The fourth-order valence-electron chi connectivity index (χ4n) is 1.17. The van der Waals surface area contributed by atoms with Crippen LogP contribution in [0.25, 0.3) is 0 Å². The molecular weight excluding hydrogens is 230 g/mol. The van der Waals surface area contributed by atoms with Crippen LogP contribution >= 0.6 is 0 Å². The maximum atomic E-state index is 11.7. The molecule has 1 heterocycles. The van der Waals surface area contributed by atoms with E-state index in [0.29, 0.717) is 6.61 Å². The summed E-state index contributed by atoms with van der Waals surface area (Å²) in [7, 11) is -3.53. The van der Waals surface area contributed by atoms with E-state index in [1.165, 1.54) is 12.3 Å². The average Bonchev–Trinajstić information content (AvgIpc) is 2.27. The first-order chi connectivity index (χ1) is 7.56. The summed E-state index contributed by atoms with van der Waals surface area (Å²) in [4.78, 5) is 3.74. The maximum absolute atomic E-state index is 11.7. The van der Waals surface area contributed by atoms with Gasteiger partial charge >= 0.3 is 0 Å². The van der Waals surface area contributed by atoms with Gasteiger partial charge in [0.2, 0.25) is 0 Å². The summed E-state index contributed by atoms with van der Waals surface area (Å²) in [5.41, 5.74) is 0. The van der Waals surface area contributed by atoms with Crippen molar-refractivity contribution in [2.75, 3.05) is 19.0 Å². The number of hydrogen-bond acceptors (Lipinski definition) is 5. The van der Waals surface area contributed by atoms with Crippen LogP contribution in [-0.4, -0.2) is 43.6 Å². The van der Waals surface area contributed by atoms with Gasteiger partial charge < -0.3 is 9.84 Å². The van der Waals surface area contributed by atoms with Crippen molar-refractivity contribution < 1.29 is 18.3 Å². The molecule has 1 rings (SSSR count). The Morgan fingerprint density at radius 3 is 2.81 bits per heavy atom. The highest BCUT2D eigenvalue weighted by Gasteiger charge is 2.20. The van der Waals surface area contributed by atoms with Gasteiger partial charge in [-0.3, -0.25) is 0 Å². The molecule has 0 aromatic carbocycles. The van der Waals surface area contributed by atoms with Crippen molar-refractivity contribution in [3.8, 4) is 0 Å². The summed E-state index contributed by atoms with van der Waals surface area (Å²) >= 11 is 0. The van der Waals surface area contributed by atoms with Crippen LogP contribution in [0.5, 0.6) is 0 Å². The molecule has 1 aromatic heterocycles. The fourth-order valence-corrected chi connectivity index (χ4v) is 2.45. The molecule has 0 aliphatic carbocycles. The van der Waals surface area contributed by atoms with Gasteiger partial charge in [-0.15, -0.1) is 0 Å². The molecule has 0 unspecified atom stereocenters. The van der Waals surface area contributed by atoms with Gasteiger partial charge in [0.15, 0.2) is 14.9 Å². The predicted octanol–water partition coefficient (Wildman–Crippen LogP) is 0.253. The molecule has 90 valence electrons. The van der Waals surface area contributed by atoms with Gasteiger partial charge in [-0.1, -0.05) is 6.07 Å². The number of nitrogens with zero attached hydrogens (tertiary/aromatic N) is 1. The number of hydrogen-bond donors (Lipinski definition) is 1. The number of aromatic nitrogens is 1. The Morgan fingerprint density at radius 1 is 1.50 bits per heavy atom. The van der Waals surface area contributed by atoms with Crippen molar-refractivity contribution in [3.05, 3.63) is 24.4 Å². The lowest BCUT2D eigenvalue weighted by Gasteiger charge is -2.10. The van der Waals surface area contributed by atoms with E-state index < -0.39 is 15.9 Å². The van der Waals surface area contributed by atoms with Crippen molar-refractivity contribution in [1.82, 2.24) is 4.98 Å². The number of sulfone groups is 1. The summed E-state index contributed by atoms with van der Waals surface area (Å²) in [6, 6.07) is 4.63. The van der Waals surface area contributed by atoms with Crippen LogP contribution < -0.4 is 0 Å². The van der Waals surface area contributed by atoms with Crippen LogP contribution in [0.3, 0.4) is 0 Å². The van der Waals surface area contributed by atoms with Crippen molar-refractivity contribution >= 4 is 9.84 Å². The van der Waals surface area contributed by atoms with E-state index in [4.69, 9.17) is 4.74 Å². The van der Waals surface area contributed by atoms with Crippen molar-refractivity contribution in [1.29, 1.82) is 0 Å². The molecule has 0 fully saturated rings. The van der Waals surface area contributed by atoms with E-state index in [1.54, 1.807) is 19.1 Å². The number of aliphatic hydroxyl groups is 1. The summed E-state index contributed by atoms with van der Waals surface area (Å²) in [6.07, 6.45) is 0.383. The molecule has 0 saturated carbocycles. The van der Waals surface area contributed by atoms with E-state index in [1.807, 2.05) is 0 Å². The zero-order chi connectivity index (χ0) is 12.0. The van der Waals surface area contributed by atoms with Crippen LogP contribution in [-0.2, 0) is 14.6 Å². The van der Waals surface area contributed by atoms with E-state index in [2.05, 4.69) is 4.98 Å².